The molecule has 1 aliphatic carbocycles. The van der Waals surface area contributed by atoms with E-state index >= 15 is 0 Å². The van der Waals surface area contributed by atoms with Gasteiger partial charge in [0, 0.05) is 5.92 Å². The predicted octanol–water partition coefficient (Wildman–Crippen LogP) is 1.20. The van der Waals surface area contributed by atoms with Gasteiger partial charge in [-0.25, -0.2) is 8.42 Å². The SMILES string of the molecule is CC[C@H](C)S(=O)(=O)NC(=O)C1CC=CC1. The highest BCUT2D eigenvalue weighted by Gasteiger charge is 2.26. The van der Waals surface area contributed by atoms with E-state index in [-0.39, 0.29) is 11.8 Å². The molecule has 0 aromatic rings. The topological polar surface area (TPSA) is 63.2 Å². The van der Waals surface area contributed by atoms with E-state index in [4.69, 9.17) is 0 Å². The number of allylic oxidation sites excluding steroid dienone is 2. The molecule has 15 heavy (non-hydrogen) atoms. The van der Waals surface area contributed by atoms with Crippen LogP contribution in [0.25, 0.3) is 0 Å². The third-order valence-corrected chi connectivity index (χ3v) is 4.60. The largest absolute Gasteiger partial charge is 0.274 e. The molecule has 0 bridgehead atoms. The quantitative estimate of drug-likeness (QED) is 0.739. The van der Waals surface area contributed by atoms with Crippen LogP contribution in [0.5, 0.6) is 0 Å². The van der Waals surface area contributed by atoms with Crippen LogP contribution in [0.3, 0.4) is 0 Å². The molecular formula is C10H17NO3S. The highest BCUT2D eigenvalue weighted by atomic mass is 32.2. The fraction of sp³-hybridized carbons (Fsp3) is 0.700. The third-order valence-electron chi connectivity index (χ3n) is 2.73. The first kappa shape index (κ1) is 12.2. The maximum absolute atomic E-state index is 11.6. The number of carbonyl (C=O) groups is 1. The van der Waals surface area contributed by atoms with Crippen LogP contribution in [0, 0.1) is 5.92 Å². The van der Waals surface area contributed by atoms with Gasteiger partial charge >= 0.3 is 0 Å². The summed E-state index contributed by atoms with van der Waals surface area (Å²) >= 11 is 0. The second-order valence-corrected chi connectivity index (χ2v) is 5.97. The standard InChI is InChI=1S/C10H17NO3S/c1-3-8(2)15(13,14)11-10(12)9-6-4-5-7-9/h4-5,8-9H,3,6-7H2,1-2H3,(H,11,12)/t8-/m0/s1. The molecule has 0 aromatic heterocycles. The summed E-state index contributed by atoms with van der Waals surface area (Å²) in [5, 5.41) is -0.518. The van der Waals surface area contributed by atoms with Crippen molar-refractivity contribution in [3.63, 3.8) is 0 Å². The number of rotatable bonds is 4. The Morgan fingerprint density at radius 3 is 2.47 bits per heavy atom. The molecule has 0 aromatic carbocycles. The van der Waals surface area contributed by atoms with E-state index in [1.165, 1.54) is 0 Å². The zero-order valence-electron chi connectivity index (χ0n) is 9.06. The summed E-state index contributed by atoms with van der Waals surface area (Å²) in [4.78, 5) is 11.6. The lowest BCUT2D eigenvalue weighted by Gasteiger charge is -2.14. The van der Waals surface area contributed by atoms with Gasteiger partial charge in [-0.3, -0.25) is 9.52 Å². The molecule has 0 spiro atoms. The molecule has 0 saturated carbocycles. The van der Waals surface area contributed by atoms with Crippen molar-refractivity contribution in [1.29, 1.82) is 0 Å². The third kappa shape index (κ3) is 3.06. The molecule has 1 aliphatic rings. The first-order valence-corrected chi connectivity index (χ1v) is 6.72. The van der Waals surface area contributed by atoms with Crippen molar-refractivity contribution in [3.8, 4) is 0 Å². The predicted molar refractivity (Wildman–Crippen MR) is 58.7 cm³/mol. The fourth-order valence-corrected chi connectivity index (χ4v) is 2.46. The molecule has 0 saturated heterocycles. The van der Waals surface area contributed by atoms with Gasteiger partial charge in [-0.2, -0.15) is 0 Å². The lowest BCUT2D eigenvalue weighted by Crippen LogP contribution is -2.39. The average Bonchev–Trinajstić information content (AvgIpc) is 2.68. The molecule has 0 fully saturated rings. The van der Waals surface area contributed by atoms with E-state index in [0.29, 0.717) is 19.3 Å². The van der Waals surface area contributed by atoms with Crippen molar-refractivity contribution in [2.75, 3.05) is 0 Å². The van der Waals surface area contributed by atoms with Crippen LogP contribution in [-0.2, 0) is 14.8 Å². The van der Waals surface area contributed by atoms with Crippen LogP contribution in [-0.4, -0.2) is 19.6 Å². The number of nitrogens with one attached hydrogen (secondary N) is 1. The molecule has 0 aliphatic heterocycles. The van der Waals surface area contributed by atoms with E-state index < -0.39 is 15.3 Å². The van der Waals surface area contributed by atoms with Gasteiger partial charge in [-0.1, -0.05) is 19.1 Å². The minimum Gasteiger partial charge on any atom is -0.274 e. The smallest absolute Gasteiger partial charge is 0.237 e. The molecule has 5 heteroatoms. The Bertz CT molecular complexity index is 351. The molecule has 86 valence electrons. The normalized spacial score (nSPS) is 19.1. The fourth-order valence-electron chi connectivity index (χ4n) is 1.37. The van der Waals surface area contributed by atoms with Gasteiger partial charge in [0.15, 0.2) is 0 Å². The Hall–Kier alpha value is -0.840. The lowest BCUT2D eigenvalue weighted by atomic mass is 10.1. The van der Waals surface area contributed by atoms with Gasteiger partial charge < -0.3 is 0 Å². The van der Waals surface area contributed by atoms with E-state index in [9.17, 15) is 13.2 Å². The van der Waals surface area contributed by atoms with Crippen LogP contribution in [0.15, 0.2) is 12.2 Å². The van der Waals surface area contributed by atoms with Crippen molar-refractivity contribution in [2.45, 2.75) is 38.4 Å². The lowest BCUT2D eigenvalue weighted by molar-refractivity contribution is -0.122. The van der Waals surface area contributed by atoms with Crippen LogP contribution in [0.1, 0.15) is 33.1 Å². The Labute approximate surface area is 90.8 Å². The summed E-state index contributed by atoms with van der Waals surface area (Å²) < 4.78 is 25.3. The summed E-state index contributed by atoms with van der Waals surface area (Å²) in [7, 11) is -3.47. The second-order valence-electron chi connectivity index (χ2n) is 3.87. The zero-order valence-corrected chi connectivity index (χ0v) is 9.88. The highest BCUT2D eigenvalue weighted by molar-refractivity contribution is 7.90. The van der Waals surface area contributed by atoms with Gasteiger partial charge in [0.25, 0.3) is 0 Å². The highest BCUT2D eigenvalue weighted by Crippen LogP contribution is 2.18. The van der Waals surface area contributed by atoms with Crippen LogP contribution < -0.4 is 4.72 Å². The van der Waals surface area contributed by atoms with E-state index in [1.54, 1.807) is 13.8 Å². The molecule has 1 N–H and O–H groups in total. The van der Waals surface area contributed by atoms with E-state index in [0.717, 1.165) is 0 Å². The van der Waals surface area contributed by atoms with Crippen molar-refractivity contribution >= 4 is 15.9 Å². The number of hydrogen-bond acceptors (Lipinski definition) is 3. The summed E-state index contributed by atoms with van der Waals surface area (Å²) in [5.74, 6) is -0.580. The average molecular weight is 231 g/mol. The number of sulfonamides is 1. The Balaban J connectivity index is 2.57. The first-order chi connectivity index (χ1) is 6.97. The maximum Gasteiger partial charge on any atom is 0.237 e. The number of carbonyl (C=O) groups excluding carboxylic acids is 1. The summed E-state index contributed by atoms with van der Waals surface area (Å²) in [6.07, 6.45) is 5.59. The molecule has 0 unspecified atom stereocenters. The molecule has 1 rings (SSSR count). The maximum atomic E-state index is 11.6. The van der Waals surface area contributed by atoms with Crippen LogP contribution in [0.4, 0.5) is 0 Å². The van der Waals surface area contributed by atoms with Crippen molar-refractivity contribution in [3.05, 3.63) is 12.2 Å². The molecule has 0 radical (unpaired) electrons. The van der Waals surface area contributed by atoms with Crippen molar-refractivity contribution in [1.82, 2.24) is 4.72 Å². The molecule has 1 amide bonds. The van der Waals surface area contributed by atoms with E-state index in [2.05, 4.69) is 4.72 Å². The minimum absolute atomic E-state index is 0.205. The molecular weight excluding hydrogens is 214 g/mol. The van der Waals surface area contributed by atoms with Crippen LogP contribution in [0.2, 0.25) is 0 Å². The van der Waals surface area contributed by atoms with Crippen molar-refractivity contribution in [2.24, 2.45) is 5.92 Å². The number of hydrogen-bond donors (Lipinski definition) is 1. The second kappa shape index (κ2) is 4.79. The molecule has 1 atom stereocenters. The summed E-state index contributed by atoms with van der Waals surface area (Å²) in [6.45, 7) is 3.38. The van der Waals surface area contributed by atoms with Gasteiger partial charge in [0.1, 0.15) is 0 Å². The van der Waals surface area contributed by atoms with Crippen LogP contribution >= 0.6 is 0 Å². The number of amides is 1. The van der Waals surface area contributed by atoms with E-state index in [1.807, 2.05) is 12.2 Å². The van der Waals surface area contributed by atoms with Gasteiger partial charge in [0.2, 0.25) is 15.9 Å². The monoisotopic (exact) mass is 231 g/mol. The minimum atomic E-state index is -3.47. The Morgan fingerprint density at radius 2 is 2.00 bits per heavy atom. The first-order valence-electron chi connectivity index (χ1n) is 5.17. The summed E-state index contributed by atoms with van der Waals surface area (Å²) in [5.41, 5.74) is 0. The Morgan fingerprint density at radius 1 is 1.47 bits per heavy atom. The molecule has 0 heterocycles. The van der Waals surface area contributed by atoms with Gasteiger partial charge in [0.05, 0.1) is 5.25 Å². The molecule has 4 nitrogen and oxygen atoms in total. The van der Waals surface area contributed by atoms with Crippen molar-refractivity contribution < 1.29 is 13.2 Å². The zero-order chi connectivity index (χ0) is 11.5. The Kier molecular flexibility index (Phi) is 3.90. The van der Waals surface area contributed by atoms with Gasteiger partial charge in [-0.05, 0) is 26.2 Å². The summed E-state index contributed by atoms with van der Waals surface area (Å²) in [6, 6.07) is 0. The van der Waals surface area contributed by atoms with Gasteiger partial charge in [-0.15, -0.1) is 0 Å².